The number of hydrogen-bond acceptors (Lipinski definition) is 5. The van der Waals surface area contributed by atoms with E-state index in [-0.39, 0.29) is 22.3 Å². The number of fused-ring (bicyclic) bond motifs is 1. The van der Waals surface area contributed by atoms with Crippen LogP contribution in [-0.4, -0.2) is 38.9 Å². The van der Waals surface area contributed by atoms with Gasteiger partial charge in [0.2, 0.25) is 5.91 Å². The average Bonchev–Trinajstić information content (AvgIpc) is 3.41. The summed E-state index contributed by atoms with van der Waals surface area (Å²) >= 11 is 0. The van der Waals surface area contributed by atoms with Gasteiger partial charge in [0.05, 0.1) is 12.0 Å². The third-order valence-electron chi connectivity index (χ3n) is 7.65. The minimum absolute atomic E-state index is 0.0171. The molecule has 9 heteroatoms. The highest BCUT2D eigenvalue weighted by Gasteiger charge is 2.24. The molecule has 228 valence electrons. The molecule has 0 aliphatic rings. The van der Waals surface area contributed by atoms with Crippen LogP contribution < -0.4 is 14.8 Å². The topological polar surface area (TPSA) is 117 Å². The largest absolute Gasteiger partial charge is 0.496 e. The van der Waals surface area contributed by atoms with Crippen molar-refractivity contribution in [2.24, 2.45) is 0 Å². The lowest BCUT2D eigenvalue weighted by Crippen LogP contribution is -2.31. The summed E-state index contributed by atoms with van der Waals surface area (Å²) in [6.45, 7) is 6.56. The summed E-state index contributed by atoms with van der Waals surface area (Å²) in [5, 5.41) is 4.04. The van der Waals surface area contributed by atoms with Crippen LogP contribution in [0.2, 0.25) is 0 Å². The van der Waals surface area contributed by atoms with E-state index in [9.17, 15) is 18.0 Å². The van der Waals surface area contributed by atoms with Crippen LogP contribution in [0.15, 0.2) is 71.8 Å². The van der Waals surface area contributed by atoms with E-state index in [1.807, 2.05) is 19.2 Å². The van der Waals surface area contributed by atoms with Crippen molar-refractivity contribution in [1.82, 2.24) is 15.0 Å². The zero-order valence-electron chi connectivity index (χ0n) is 25.3. The van der Waals surface area contributed by atoms with Gasteiger partial charge < -0.3 is 15.0 Å². The lowest BCUT2D eigenvalue weighted by Gasteiger charge is -2.20. The molecule has 0 saturated heterocycles. The van der Waals surface area contributed by atoms with Crippen molar-refractivity contribution >= 4 is 32.7 Å². The lowest BCUT2D eigenvalue weighted by molar-refractivity contribution is -0.121. The third-order valence-corrected chi connectivity index (χ3v) is 9.14. The predicted molar refractivity (Wildman–Crippen MR) is 170 cm³/mol. The van der Waals surface area contributed by atoms with Gasteiger partial charge in [-0.3, -0.25) is 9.59 Å². The van der Waals surface area contributed by atoms with Gasteiger partial charge in [-0.25, -0.2) is 13.1 Å². The highest BCUT2D eigenvalue weighted by atomic mass is 32.2. The second kappa shape index (κ2) is 14.4. The summed E-state index contributed by atoms with van der Waals surface area (Å²) in [7, 11) is -2.49. The van der Waals surface area contributed by atoms with Gasteiger partial charge in [0.25, 0.3) is 15.9 Å². The number of H-pyrrole nitrogens is 1. The second-order valence-electron chi connectivity index (χ2n) is 10.8. The zero-order valence-corrected chi connectivity index (χ0v) is 26.1. The number of hydrogen-bond donors (Lipinski definition) is 3. The van der Waals surface area contributed by atoms with Gasteiger partial charge >= 0.3 is 0 Å². The monoisotopic (exact) mass is 603 g/mol. The fraction of sp³-hybridized carbons (Fsp3) is 0.353. The molecule has 0 aliphatic carbocycles. The Morgan fingerprint density at radius 2 is 1.77 bits per heavy atom. The number of sulfonamides is 1. The summed E-state index contributed by atoms with van der Waals surface area (Å²) in [5.74, 6) is -0.134. The van der Waals surface area contributed by atoms with Gasteiger partial charge in [-0.1, -0.05) is 50.6 Å². The molecule has 0 bridgehead atoms. The molecule has 1 unspecified atom stereocenters. The third kappa shape index (κ3) is 7.65. The molecule has 8 nitrogen and oxygen atoms in total. The molecule has 2 amide bonds. The first-order chi connectivity index (χ1) is 20.7. The number of aromatic amines is 1. The normalized spacial score (nSPS) is 12.2. The maximum absolute atomic E-state index is 13.1. The highest BCUT2D eigenvalue weighted by Crippen LogP contribution is 2.39. The van der Waals surface area contributed by atoms with Crippen molar-refractivity contribution < 1.29 is 22.7 Å². The maximum Gasteiger partial charge on any atom is 0.265 e. The lowest BCUT2D eigenvalue weighted by atomic mass is 9.86. The fourth-order valence-electron chi connectivity index (χ4n) is 5.44. The molecule has 4 aromatic rings. The van der Waals surface area contributed by atoms with E-state index < -0.39 is 15.9 Å². The number of aromatic nitrogens is 1. The number of ether oxygens (including phenoxy) is 1. The van der Waals surface area contributed by atoms with Gasteiger partial charge in [0.1, 0.15) is 5.75 Å². The number of nitrogens with one attached hydrogen (secondary N) is 3. The van der Waals surface area contributed by atoms with Gasteiger partial charge in [-0.2, -0.15) is 0 Å². The molecule has 0 fully saturated rings. The van der Waals surface area contributed by atoms with Crippen LogP contribution in [-0.2, 0) is 21.2 Å². The van der Waals surface area contributed by atoms with Crippen LogP contribution in [0.1, 0.15) is 84.5 Å². The summed E-state index contributed by atoms with van der Waals surface area (Å²) in [6.07, 6.45) is 6.80. The average molecular weight is 604 g/mol. The van der Waals surface area contributed by atoms with Crippen molar-refractivity contribution in [2.45, 2.75) is 70.1 Å². The van der Waals surface area contributed by atoms with Gasteiger partial charge in [0.15, 0.2) is 0 Å². The van der Waals surface area contributed by atoms with Crippen molar-refractivity contribution in [1.29, 1.82) is 0 Å². The summed E-state index contributed by atoms with van der Waals surface area (Å²) in [6, 6.07) is 18.0. The van der Waals surface area contributed by atoms with Crippen LogP contribution in [0.3, 0.4) is 0 Å². The molecule has 3 aromatic carbocycles. The van der Waals surface area contributed by atoms with Crippen molar-refractivity contribution in [3.63, 3.8) is 0 Å². The molecular weight excluding hydrogens is 562 g/mol. The molecule has 1 heterocycles. The molecule has 1 atom stereocenters. The van der Waals surface area contributed by atoms with Crippen LogP contribution in [0.5, 0.6) is 5.75 Å². The van der Waals surface area contributed by atoms with E-state index in [4.69, 9.17) is 4.74 Å². The Hall–Kier alpha value is -4.11. The quantitative estimate of drug-likeness (QED) is 0.155. The van der Waals surface area contributed by atoms with E-state index in [1.165, 1.54) is 11.6 Å². The van der Waals surface area contributed by atoms with E-state index in [0.717, 1.165) is 54.1 Å². The molecule has 1 aromatic heterocycles. The van der Waals surface area contributed by atoms with Gasteiger partial charge in [-0.15, -0.1) is 0 Å². The number of rotatable bonds is 14. The Kier molecular flexibility index (Phi) is 10.6. The van der Waals surface area contributed by atoms with E-state index in [2.05, 4.69) is 40.1 Å². The standard InChI is InChI=1S/C34H41N3O5S/c1-5-10-26(29-22-36-30-18-15-24(20-28(29)30)12-9-14-33(38)35-19-6-2)27-17-16-25(21-31(27)42-4)34(39)37-43(40,41)32-13-8-7-11-23(32)3/h7-8,11,13,15-18,20-22,26,36H,5-6,9-10,12,14,19H2,1-4H3,(H,35,38)(H,37,39). The molecular formula is C34H41N3O5S. The molecule has 0 spiro atoms. The van der Waals surface area contributed by atoms with E-state index in [1.54, 1.807) is 44.4 Å². The Bertz CT molecular complexity index is 1690. The van der Waals surface area contributed by atoms with Crippen LogP contribution in [0, 0.1) is 6.92 Å². The molecule has 3 N–H and O–H groups in total. The summed E-state index contributed by atoms with van der Waals surface area (Å²) in [4.78, 5) is 28.6. The van der Waals surface area contributed by atoms with Crippen molar-refractivity contribution in [3.8, 4) is 5.75 Å². The Morgan fingerprint density at radius 3 is 2.49 bits per heavy atom. The van der Waals surface area contributed by atoms with Crippen LogP contribution in [0.4, 0.5) is 0 Å². The number of carbonyl (C=O) groups excluding carboxylic acids is 2. The Labute approximate surface area is 254 Å². The Morgan fingerprint density at radius 1 is 0.977 bits per heavy atom. The first-order valence-corrected chi connectivity index (χ1v) is 16.3. The van der Waals surface area contributed by atoms with Crippen LogP contribution >= 0.6 is 0 Å². The van der Waals surface area contributed by atoms with E-state index >= 15 is 0 Å². The fourth-order valence-corrected chi connectivity index (χ4v) is 6.66. The summed E-state index contributed by atoms with van der Waals surface area (Å²) < 4.78 is 33.8. The first kappa shape index (κ1) is 31.8. The molecule has 4 rings (SSSR count). The van der Waals surface area contributed by atoms with Gasteiger partial charge in [-0.05, 0) is 79.6 Å². The molecule has 0 saturated carbocycles. The van der Waals surface area contributed by atoms with Gasteiger partial charge in [0, 0.05) is 47.1 Å². The minimum Gasteiger partial charge on any atom is -0.496 e. The second-order valence-corrected chi connectivity index (χ2v) is 12.5. The van der Waals surface area contributed by atoms with Crippen LogP contribution in [0.25, 0.3) is 10.9 Å². The highest BCUT2D eigenvalue weighted by molar-refractivity contribution is 7.90. The predicted octanol–water partition coefficient (Wildman–Crippen LogP) is 6.38. The number of carbonyl (C=O) groups is 2. The molecule has 43 heavy (non-hydrogen) atoms. The smallest absolute Gasteiger partial charge is 0.265 e. The van der Waals surface area contributed by atoms with Crippen molar-refractivity contribution in [2.75, 3.05) is 13.7 Å². The number of amides is 2. The number of methoxy groups -OCH3 is 1. The van der Waals surface area contributed by atoms with Crippen molar-refractivity contribution in [3.05, 3.63) is 94.7 Å². The molecule has 0 aliphatic heterocycles. The zero-order chi connectivity index (χ0) is 31.0. The van der Waals surface area contributed by atoms with E-state index in [0.29, 0.717) is 24.3 Å². The number of aryl methyl sites for hydroxylation is 2. The first-order valence-electron chi connectivity index (χ1n) is 14.9. The molecule has 0 radical (unpaired) electrons. The minimum atomic E-state index is -4.04. The Balaban J connectivity index is 1.59. The maximum atomic E-state index is 13.1. The summed E-state index contributed by atoms with van der Waals surface area (Å²) in [5.41, 5.74) is 4.98. The number of benzene rings is 3. The SMILES string of the molecule is CCCNC(=O)CCCc1ccc2[nH]cc(C(CCC)c3ccc(C(=O)NS(=O)(=O)c4ccccc4C)cc3OC)c2c1.